The molecule has 0 saturated heterocycles. The SMILES string of the molecule is CCC(=O)N(NN1C(=O)C=CC1=O)C(O)COCCOCCOCCOCCOCCOCCOCCOCCOCCOCCOCCO. The second-order valence-electron chi connectivity index (χ2n) is 9.97. The number of ether oxygens (including phenoxy) is 11. The summed E-state index contributed by atoms with van der Waals surface area (Å²) in [5.41, 5.74) is 2.33. The summed E-state index contributed by atoms with van der Waals surface area (Å²) >= 11 is 0. The quantitative estimate of drug-likeness (QED) is 0.0273. The number of hydrogen-bond acceptors (Lipinski definition) is 17. The number of rotatable bonds is 38. The van der Waals surface area contributed by atoms with Crippen LogP contribution in [0.1, 0.15) is 13.3 Å². The molecule has 1 aliphatic rings. The fraction of sp³-hybridized carbons (Fsp3) is 0.839. The number of aliphatic hydroxyl groups excluding tert-OH is 2. The predicted molar refractivity (Wildman–Crippen MR) is 173 cm³/mol. The van der Waals surface area contributed by atoms with Gasteiger partial charge >= 0.3 is 0 Å². The first kappa shape index (κ1) is 45.8. The van der Waals surface area contributed by atoms with E-state index in [1.807, 2.05) is 0 Å². The Hall–Kier alpha value is -2.21. The summed E-state index contributed by atoms with van der Waals surface area (Å²) in [5, 5.41) is 20.3. The van der Waals surface area contributed by atoms with Gasteiger partial charge in [0.1, 0.15) is 0 Å². The lowest BCUT2D eigenvalue weighted by Crippen LogP contribution is -2.59. The van der Waals surface area contributed by atoms with Crippen LogP contribution in [0.2, 0.25) is 0 Å². The van der Waals surface area contributed by atoms with Crippen LogP contribution in [-0.4, -0.2) is 196 Å². The third-order valence-corrected chi connectivity index (χ3v) is 6.11. The molecule has 1 atom stereocenters. The van der Waals surface area contributed by atoms with E-state index in [1.165, 1.54) is 0 Å². The van der Waals surface area contributed by atoms with Crippen LogP contribution < -0.4 is 5.53 Å². The molecule has 0 bridgehead atoms. The molecule has 3 amide bonds. The molecular weight excluding hydrogens is 670 g/mol. The predicted octanol–water partition coefficient (Wildman–Crippen LogP) is -1.94. The number of imide groups is 1. The minimum Gasteiger partial charge on any atom is -0.394 e. The Bertz CT molecular complexity index is 854. The number of hydrazine groups is 2. The third-order valence-electron chi connectivity index (χ3n) is 6.11. The molecule has 1 unspecified atom stereocenters. The van der Waals surface area contributed by atoms with Gasteiger partial charge in [0.05, 0.1) is 152 Å². The van der Waals surface area contributed by atoms with Crippen molar-refractivity contribution >= 4 is 17.7 Å². The molecule has 1 rings (SSSR count). The molecule has 0 saturated carbocycles. The van der Waals surface area contributed by atoms with Crippen molar-refractivity contribution in [3.05, 3.63) is 12.2 Å². The Morgan fingerprint density at radius 1 is 0.580 bits per heavy atom. The normalized spacial score (nSPS) is 13.5. The molecule has 0 aromatic carbocycles. The van der Waals surface area contributed by atoms with Gasteiger partial charge in [-0.2, -0.15) is 5.01 Å². The third kappa shape index (κ3) is 25.7. The van der Waals surface area contributed by atoms with E-state index in [0.717, 1.165) is 17.2 Å². The summed E-state index contributed by atoms with van der Waals surface area (Å²) in [4.78, 5) is 35.6. The Balaban J connectivity index is 1.76. The van der Waals surface area contributed by atoms with Gasteiger partial charge in [0.25, 0.3) is 11.8 Å². The zero-order chi connectivity index (χ0) is 36.3. The van der Waals surface area contributed by atoms with Crippen molar-refractivity contribution in [3.63, 3.8) is 0 Å². The van der Waals surface area contributed by atoms with Crippen LogP contribution in [0.25, 0.3) is 0 Å². The highest BCUT2D eigenvalue weighted by atomic mass is 16.6. The number of amides is 3. The van der Waals surface area contributed by atoms with E-state index in [2.05, 4.69) is 5.53 Å². The Morgan fingerprint density at radius 3 is 1.14 bits per heavy atom. The molecular formula is C31H57N3O16. The zero-order valence-electron chi connectivity index (χ0n) is 29.2. The molecule has 19 nitrogen and oxygen atoms in total. The molecule has 0 spiro atoms. The molecule has 50 heavy (non-hydrogen) atoms. The topological polar surface area (TPSA) is 212 Å². The van der Waals surface area contributed by atoms with E-state index in [1.54, 1.807) is 6.92 Å². The van der Waals surface area contributed by atoms with Gasteiger partial charge in [-0.05, 0) is 0 Å². The van der Waals surface area contributed by atoms with Gasteiger partial charge in [-0.15, -0.1) is 5.53 Å². The van der Waals surface area contributed by atoms with Crippen molar-refractivity contribution in [2.24, 2.45) is 0 Å². The van der Waals surface area contributed by atoms with Gasteiger partial charge in [0.2, 0.25) is 5.91 Å². The van der Waals surface area contributed by atoms with Gasteiger partial charge in [0.15, 0.2) is 6.23 Å². The number of nitrogens with one attached hydrogen (secondary N) is 1. The maximum atomic E-state index is 12.1. The minimum absolute atomic E-state index is 0.0120. The highest BCUT2D eigenvalue weighted by Gasteiger charge is 2.30. The van der Waals surface area contributed by atoms with Crippen molar-refractivity contribution in [2.45, 2.75) is 19.6 Å². The first-order chi connectivity index (χ1) is 24.5. The van der Waals surface area contributed by atoms with Crippen LogP contribution in [0, 0.1) is 0 Å². The molecule has 0 aromatic heterocycles. The van der Waals surface area contributed by atoms with Crippen LogP contribution in [-0.2, 0) is 66.5 Å². The maximum absolute atomic E-state index is 12.1. The number of aliphatic hydroxyl groups is 2. The van der Waals surface area contributed by atoms with Crippen molar-refractivity contribution in [2.75, 3.05) is 152 Å². The van der Waals surface area contributed by atoms with Crippen LogP contribution in [0.15, 0.2) is 12.2 Å². The molecule has 1 heterocycles. The van der Waals surface area contributed by atoms with Crippen LogP contribution >= 0.6 is 0 Å². The first-order valence-corrected chi connectivity index (χ1v) is 16.8. The molecule has 0 aromatic rings. The fourth-order valence-electron chi connectivity index (χ4n) is 3.59. The lowest BCUT2D eigenvalue weighted by Gasteiger charge is -2.31. The van der Waals surface area contributed by atoms with E-state index in [-0.39, 0.29) is 32.8 Å². The molecule has 0 aliphatic carbocycles. The number of nitrogens with zero attached hydrogens (tertiary/aromatic N) is 2. The Morgan fingerprint density at radius 2 is 0.860 bits per heavy atom. The molecule has 1 aliphatic heterocycles. The Kier molecular flexibility index (Phi) is 31.1. The van der Waals surface area contributed by atoms with Crippen molar-refractivity contribution in [1.82, 2.24) is 15.6 Å². The van der Waals surface area contributed by atoms with E-state index >= 15 is 0 Å². The second-order valence-corrected chi connectivity index (χ2v) is 9.97. The smallest absolute Gasteiger partial charge is 0.269 e. The van der Waals surface area contributed by atoms with Crippen LogP contribution in [0.3, 0.4) is 0 Å². The van der Waals surface area contributed by atoms with E-state index in [9.17, 15) is 19.5 Å². The summed E-state index contributed by atoms with van der Waals surface area (Å²) in [6.45, 7) is 10.1. The van der Waals surface area contributed by atoms with Crippen molar-refractivity contribution in [1.29, 1.82) is 0 Å². The van der Waals surface area contributed by atoms with Gasteiger partial charge < -0.3 is 62.3 Å². The summed E-state index contributed by atoms with van der Waals surface area (Å²) in [7, 11) is 0. The zero-order valence-corrected chi connectivity index (χ0v) is 29.2. The minimum atomic E-state index is -1.43. The fourth-order valence-corrected chi connectivity index (χ4v) is 3.59. The molecule has 0 fully saturated rings. The molecule has 3 N–H and O–H groups in total. The summed E-state index contributed by atoms with van der Waals surface area (Å²) in [5.74, 6) is -1.83. The van der Waals surface area contributed by atoms with Crippen LogP contribution in [0.4, 0.5) is 0 Å². The van der Waals surface area contributed by atoms with Gasteiger partial charge in [-0.25, -0.2) is 5.01 Å². The highest BCUT2D eigenvalue weighted by Crippen LogP contribution is 2.05. The summed E-state index contributed by atoms with van der Waals surface area (Å²) in [6.07, 6.45) is 0.708. The average Bonchev–Trinajstić information content (AvgIpc) is 3.44. The van der Waals surface area contributed by atoms with Crippen LogP contribution in [0.5, 0.6) is 0 Å². The first-order valence-electron chi connectivity index (χ1n) is 16.8. The number of carbonyl (C=O) groups excluding carboxylic acids is 3. The summed E-state index contributed by atoms with van der Waals surface area (Å²) < 4.78 is 59.2. The van der Waals surface area contributed by atoms with Gasteiger partial charge in [-0.1, -0.05) is 6.92 Å². The van der Waals surface area contributed by atoms with E-state index in [0.29, 0.717) is 131 Å². The van der Waals surface area contributed by atoms with Crippen molar-refractivity contribution < 1.29 is 76.7 Å². The Labute approximate surface area is 293 Å². The lowest BCUT2D eigenvalue weighted by molar-refractivity contribution is -0.171. The molecule has 292 valence electrons. The van der Waals surface area contributed by atoms with Gasteiger partial charge in [0, 0.05) is 18.6 Å². The number of carbonyl (C=O) groups is 3. The van der Waals surface area contributed by atoms with Gasteiger partial charge in [-0.3, -0.25) is 14.4 Å². The monoisotopic (exact) mass is 727 g/mol. The average molecular weight is 728 g/mol. The standard InChI is InChI=1S/C31H57N3O16/c1-2-28(36)33(32-34-29(37)3-4-30(34)38)31(39)27-50-26-25-49-24-23-48-22-21-47-20-19-46-18-17-45-16-15-44-14-13-43-12-11-42-10-9-41-8-7-40-6-5-35/h3-4,31-32,35,39H,2,5-27H2,1H3. The number of hydrogen-bond donors (Lipinski definition) is 3. The van der Waals surface area contributed by atoms with Crippen molar-refractivity contribution in [3.8, 4) is 0 Å². The summed E-state index contributed by atoms with van der Waals surface area (Å²) in [6, 6.07) is 0. The molecule has 19 heteroatoms. The van der Waals surface area contributed by atoms with E-state index in [4.69, 9.17) is 57.2 Å². The van der Waals surface area contributed by atoms with E-state index < -0.39 is 23.9 Å². The maximum Gasteiger partial charge on any atom is 0.269 e. The largest absolute Gasteiger partial charge is 0.394 e. The second kappa shape index (κ2) is 33.9. The highest BCUT2D eigenvalue weighted by molar-refractivity contribution is 6.12. The molecule has 0 radical (unpaired) electrons. The lowest BCUT2D eigenvalue weighted by atomic mass is 10.4.